The molecule has 5 nitrogen and oxygen atoms in total. The molecule has 7 heteroatoms. The van der Waals surface area contributed by atoms with E-state index in [9.17, 15) is 4.79 Å². The number of benzene rings is 2. The van der Waals surface area contributed by atoms with Crippen LogP contribution in [-0.4, -0.2) is 32.1 Å². The van der Waals surface area contributed by atoms with Gasteiger partial charge >= 0.3 is 5.97 Å². The first kappa shape index (κ1) is 36.3. The Morgan fingerprint density at radius 3 is 1.98 bits per heavy atom. The first-order valence-electron chi connectivity index (χ1n) is 15.6. The summed E-state index contributed by atoms with van der Waals surface area (Å²) in [5.74, 6) is 1.08. The van der Waals surface area contributed by atoms with Crippen LogP contribution in [0.5, 0.6) is 5.75 Å². The van der Waals surface area contributed by atoms with Crippen molar-refractivity contribution in [2.45, 2.75) is 136 Å². The zero-order chi connectivity index (χ0) is 31.8. The molecule has 2 aromatic carbocycles. The van der Waals surface area contributed by atoms with Gasteiger partial charge in [0, 0.05) is 6.42 Å². The summed E-state index contributed by atoms with van der Waals surface area (Å²) in [6, 6.07) is 15.0. The van der Waals surface area contributed by atoms with Gasteiger partial charge in [-0.05, 0) is 97.8 Å². The van der Waals surface area contributed by atoms with Gasteiger partial charge in [-0.1, -0.05) is 78.8 Å². The first-order valence-corrected chi connectivity index (χ1v) is 18.2. The molecular formula is C35H58O5Si2. The summed E-state index contributed by atoms with van der Waals surface area (Å²) >= 11 is 0. The summed E-state index contributed by atoms with van der Waals surface area (Å²) < 4.78 is 24.8. The van der Waals surface area contributed by atoms with Gasteiger partial charge < -0.3 is 18.3 Å². The predicted molar refractivity (Wildman–Crippen MR) is 181 cm³/mol. The third kappa shape index (κ3) is 12.4. The summed E-state index contributed by atoms with van der Waals surface area (Å²) in [5.41, 5.74) is 3.81. The zero-order valence-electron chi connectivity index (χ0n) is 28.6. The molecule has 0 aliphatic rings. The second kappa shape index (κ2) is 15.2. The number of hydrogen-bond donors (Lipinski definition) is 0. The van der Waals surface area contributed by atoms with Gasteiger partial charge in [-0.15, -0.1) is 0 Å². The fourth-order valence-electron chi connectivity index (χ4n) is 4.69. The number of carbonyl (C=O) groups excluding carboxylic acids is 1. The van der Waals surface area contributed by atoms with Crippen LogP contribution in [0.1, 0.15) is 131 Å². The van der Waals surface area contributed by atoms with E-state index in [4.69, 9.17) is 18.3 Å². The second-order valence-corrected chi connectivity index (χ2v) is 20.5. The minimum Gasteiger partial charge on any atom is -0.489 e. The Morgan fingerprint density at radius 1 is 0.810 bits per heavy atom. The van der Waals surface area contributed by atoms with Crippen molar-refractivity contribution in [1.29, 1.82) is 0 Å². The van der Waals surface area contributed by atoms with E-state index in [-0.39, 0.29) is 16.0 Å². The molecule has 0 heterocycles. The lowest BCUT2D eigenvalue weighted by atomic mass is 9.85. The smallest absolute Gasteiger partial charge is 0.305 e. The Labute approximate surface area is 261 Å². The molecule has 0 saturated carbocycles. The molecule has 0 spiro atoms. The summed E-state index contributed by atoms with van der Waals surface area (Å²) in [6.45, 7) is 27.2. The van der Waals surface area contributed by atoms with E-state index in [0.29, 0.717) is 25.6 Å². The minimum absolute atomic E-state index is 0.113. The third-order valence-electron chi connectivity index (χ3n) is 7.27. The van der Waals surface area contributed by atoms with E-state index in [2.05, 4.69) is 119 Å². The highest BCUT2D eigenvalue weighted by Crippen LogP contribution is 2.40. The minimum atomic E-state index is -0.783. The highest BCUT2D eigenvalue weighted by atomic mass is 28.2. The monoisotopic (exact) mass is 614 g/mol. The van der Waals surface area contributed by atoms with Gasteiger partial charge in [0.25, 0.3) is 0 Å². The van der Waals surface area contributed by atoms with Crippen LogP contribution in [0.15, 0.2) is 42.5 Å². The Balaban J connectivity index is 2.25. The molecular weight excluding hydrogens is 557 g/mol. The molecule has 236 valence electrons. The number of rotatable bonds is 15. The molecule has 0 bridgehead atoms. The number of ether oxygens (including phenoxy) is 2. The highest BCUT2D eigenvalue weighted by molar-refractivity contribution is 6.32. The van der Waals surface area contributed by atoms with Crippen molar-refractivity contribution in [3.8, 4) is 5.75 Å². The lowest BCUT2D eigenvalue weighted by molar-refractivity contribution is -0.143. The summed E-state index contributed by atoms with van der Waals surface area (Å²) in [4.78, 5) is 11.7. The van der Waals surface area contributed by atoms with Gasteiger partial charge in [-0.2, -0.15) is 0 Å². The van der Waals surface area contributed by atoms with Gasteiger partial charge in [0.2, 0.25) is 0 Å². The average molecular weight is 615 g/mol. The Kier molecular flexibility index (Phi) is 13.1. The molecule has 0 fully saturated rings. The summed E-state index contributed by atoms with van der Waals surface area (Å²) in [5, 5.41) is 0.399. The van der Waals surface area contributed by atoms with Crippen molar-refractivity contribution in [1.82, 2.24) is 0 Å². The van der Waals surface area contributed by atoms with Crippen molar-refractivity contribution in [2.75, 3.05) is 6.61 Å². The van der Waals surface area contributed by atoms with Crippen molar-refractivity contribution in [2.24, 2.45) is 0 Å². The van der Waals surface area contributed by atoms with E-state index in [0.717, 1.165) is 35.3 Å². The fraction of sp³-hybridized carbons (Fsp3) is 0.629. The topological polar surface area (TPSA) is 54.0 Å². The molecule has 42 heavy (non-hydrogen) atoms. The van der Waals surface area contributed by atoms with Crippen molar-refractivity contribution < 1.29 is 23.1 Å². The third-order valence-corrected chi connectivity index (χ3v) is 10.7. The first-order chi connectivity index (χ1) is 19.3. The lowest BCUT2D eigenvalue weighted by Gasteiger charge is -2.37. The molecule has 0 radical (unpaired) electrons. The Hall–Kier alpha value is -1.94. The van der Waals surface area contributed by atoms with Crippen LogP contribution < -0.4 is 4.74 Å². The van der Waals surface area contributed by atoms with E-state index in [1.165, 1.54) is 5.56 Å². The molecule has 2 aromatic rings. The van der Waals surface area contributed by atoms with E-state index in [1.807, 2.05) is 6.92 Å². The molecule has 0 aliphatic carbocycles. The quantitative estimate of drug-likeness (QED) is 0.149. The van der Waals surface area contributed by atoms with Crippen LogP contribution in [0, 0.1) is 0 Å². The number of hydrogen-bond acceptors (Lipinski definition) is 5. The van der Waals surface area contributed by atoms with Crippen LogP contribution in [0.2, 0.25) is 10.1 Å². The number of esters is 1. The average Bonchev–Trinajstić information content (AvgIpc) is 2.89. The van der Waals surface area contributed by atoms with E-state index in [1.54, 1.807) is 0 Å². The zero-order valence-corrected chi connectivity index (χ0v) is 31.4. The second-order valence-electron chi connectivity index (χ2n) is 15.1. The molecule has 1 unspecified atom stereocenters. The van der Waals surface area contributed by atoms with Gasteiger partial charge in [-0.3, -0.25) is 4.79 Å². The van der Waals surface area contributed by atoms with Crippen LogP contribution in [0.4, 0.5) is 0 Å². The SMILES string of the molecule is CCOC(=O)CCCC(C)c1cccc(COc2ccc(C(C)(C)O[SiH2]C(C)(C)C)c(C(C)(C)O[SiH2]C(C)(C)C)c2)c1. The molecule has 0 amide bonds. The lowest BCUT2D eigenvalue weighted by Crippen LogP contribution is -2.34. The predicted octanol–water partition coefficient (Wildman–Crippen LogP) is 8.21. The van der Waals surface area contributed by atoms with E-state index < -0.39 is 30.7 Å². The number of carbonyl (C=O) groups is 1. The van der Waals surface area contributed by atoms with Gasteiger partial charge in [0.05, 0.1) is 17.8 Å². The molecule has 0 aliphatic heterocycles. The summed E-state index contributed by atoms with van der Waals surface area (Å²) in [6.07, 6.45) is 2.23. The van der Waals surface area contributed by atoms with Crippen molar-refractivity contribution in [3.63, 3.8) is 0 Å². The molecule has 0 aromatic heterocycles. The maximum Gasteiger partial charge on any atom is 0.305 e. The van der Waals surface area contributed by atoms with Crippen LogP contribution >= 0.6 is 0 Å². The maximum atomic E-state index is 11.7. The molecule has 0 N–H and O–H groups in total. The van der Waals surface area contributed by atoms with Gasteiger partial charge in [0.1, 0.15) is 12.4 Å². The standard InChI is InChI=1S/C35H58O5Si2/c1-13-37-31(36)19-14-16-25(2)27-18-15-17-26(22-27)24-38-28-20-21-29(34(9,10)39-41-32(3,4)5)30(23-28)35(11,12)40-42-33(6,7)8/h15,17-18,20-23,25H,13-14,16,19,24,41-42H2,1-12H3. The maximum absolute atomic E-state index is 11.7. The Morgan fingerprint density at radius 2 is 1.40 bits per heavy atom. The Bertz CT molecular complexity index is 1140. The van der Waals surface area contributed by atoms with Crippen LogP contribution in [-0.2, 0) is 36.2 Å². The summed E-state index contributed by atoms with van der Waals surface area (Å²) in [7, 11) is -1.54. The van der Waals surface area contributed by atoms with Crippen LogP contribution in [0.3, 0.4) is 0 Å². The molecule has 1 atom stereocenters. The van der Waals surface area contributed by atoms with Crippen molar-refractivity contribution in [3.05, 3.63) is 64.7 Å². The largest absolute Gasteiger partial charge is 0.489 e. The van der Waals surface area contributed by atoms with Crippen molar-refractivity contribution >= 4 is 25.5 Å². The normalized spacial score (nSPS) is 14.2. The molecule has 2 rings (SSSR count). The van der Waals surface area contributed by atoms with Crippen LogP contribution in [0.25, 0.3) is 0 Å². The van der Waals surface area contributed by atoms with Gasteiger partial charge in [-0.25, -0.2) is 0 Å². The molecule has 0 saturated heterocycles. The fourth-order valence-corrected chi connectivity index (χ4v) is 6.59. The van der Waals surface area contributed by atoms with E-state index >= 15 is 0 Å². The highest BCUT2D eigenvalue weighted by Gasteiger charge is 2.34. The van der Waals surface area contributed by atoms with Gasteiger partial charge in [0.15, 0.2) is 19.5 Å².